The molecule has 0 radical (unpaired) electrons. The molecule has 1 aromatic carbocycles. The molecule has 0 amide bonds. The molecule has 4 rings (SSSR count). The summed E-state index contributed by atoms with van der Waals surface area (Å²) < 4.78 is 0.706. The van der Waals surface area contributed by atoms with Gasteiger partial charge in [-0.1, -0.05) is 31.2 Å². The van der Waals surface area contributed by atoms with E-state index in [4.69, 9.17) is 11.5 Å². The zero-order valence-electron chi connectivity index (χ0n) is 14.7. The summed E-state index contributed by atoms with van der Waals surface area (Å²) in [4.78, 5) is 19.8. The lowest BCUT2D eigenvalue weighted by atomic mass is 9.95. The van der Waals surface area contributed by atoms with E-state index in [9.17, 15) is 4.79 Å². The molecule has 6 heteroatoms. The number of benzene rings is 1. The van der Waals surface area contributed by atoms with E-state index in [1.807, 2.05) is 30.5 Å². The van der Waals surface area contributed by atoms with Crippen LogP contribution in [-0.4, -0.2) is 16.5 Å². The second-order valence-corrected chi connectivity index (χ2v) is 7.50. The summed E-state index contributed by atoms with van der Waals surface area (Å²) in [5, 5.41) is 3.80. The van der Waals surface area contributed by atoms with Gasteiger partial charge in [0.15, 0.2) is 0 Å². The summed E-state index contributed by atoms with van der Waals surface area (Å²) in [6.07, 6.45) is 0. The van der Waals surface area contributed by atoms with Crippen molar-refractivity contribution >= 4 is 38.1 Å². The van der Waals surface area contributed by atoms with E-state index in [1.54, 1.807) is 0 Å². The van der Waals surface area contributed by atoms with Crippen LogP contribution in [0.25, 0.3) is 32.1 Å². The van der Waals surface area contributed by atoms with Crippen LogP contribution in [0.15, 0.2) is 40.5 Å². The summed E-state index contributed by atoms with van der Waals surface area (Å²) >= 11 is 1.43. The lowest BCUT2D eigenvalue weighted by Gasteiger charge is -2.14. The van der Waals surface area contributed by atoms with Crippen molar-refractivity contribution in [2.24, 2.45) is 5.73 Å². The van der Waals surface area contributed by atoms with Gasteiger partial charge in [-0.2, -0.15) is 0 Å². The molecular weight excluding hydrogens is 344 g/mol. The first kappa shape index (κ1) is 16.8. The SMILES string of the molecule is Cc1nc(N)c(-c2ccc(C(C)CN)cc2)c2c1[nH]c(=O)c1sccc12. The van der Waals surface area contributed by atoms with Gasteiger partial charge in [0.25, 0.3) is 5.56 Å². The number of fused-ring (bicyclic) bond motifs is 3. The van der Waals surface area contributed by atoms with Gasteiger partial charge in [0.1, 0.15) is 10.5 Å². The average Bonchev–Trinajstić information content (AvgIpc) is 3.13. The summed E-state index contributed by atoms with van der Waals surface area (Å²) in [5.74, 6) is 0.767. The highest BCUT2D eigenvalue weighted by molar-refractivity contribution is 7.17. The van der Waals surface area contributed by atoms with Crippen molar-refractivity contribution in [1.29, 1.82) is 0 Å². The van der Waals surface area contributed by atoms with E-state index in [-0.39, 0.29) is 5.56 Å². The first-order chi connectivity index (χ1) is 12.5. The molecule has 3 aromatic heterocycles. The van der Waals surface area contributed by atoms with Gasteiger partial charge in [0.2, 0.25) is 0 Å². The Labute approximate surface area is 154 Å². The second-order valence-electron chi connectivity index (χ2n) is 6.58. The number of nitrogen functional groups attached to an aromatic ring is 1. The number of hydrogen-bond donors (Lipinski definition) is 3. The fourth-order valence-corrected chi connectivity index (χ4v) is 4.20. The molecule has 0 fully saturated rings. The number of hydrogen-bond acceptors (Lipinski definition) is 5. The number of nitrogens with two attached hydrogens (primary N) is 2. The maximum absolute atomic E-state index is 12.4. The molecule has 26 heavy (non-hydrogen) atoms. The van der Waals surface area contributed by atoms with Crippen molar-refractivity contribution < 1.29 is 0 Å². The Morgan fingerprint density at radius 1 is 1.23 bits per heavy atom. The first-order valence-corrected chi connectivity index (χ1v) is 9.39. The third-order valence-corrected chi connectivity index (χ3v) is 5.82. The molecule has 5 N–H and O–H groups in total. The second kappa shape index (κ2) is 6.23. The number of H-pyrrole nitrogens is 1. The van der Waals surface area contributed by atoms with Crippen LogP contribution >= 0.6 is 11.3 Å². The Morgan fingerprint density at radius 2 is 1.96 bits per heavy atom. The summed E-state index contributed by atoms with van der Waals surface area (Å²) in [6, 6.07) is 10.2. The molecule has 3 heterocycles. The maximum Gasteiger partial charge on any atom is 0.266 e. The fourth-order valence-electron chi connectivity index (χ4n) is 3.41. The Balaban J connectivity index is 2.06. The van der Waals surface area contributed by atoms with Crippen LogP contribution in [0, 0.1) is 6.92 Å². The van der Waals surface area contributed by atoms with Gasteiger partial charge in [-0.05, 0) is 42.0 Å². The Bertz CT molecular complexity index is 1170. The number of nitrogens with one attached hydrogen (secondary N) is 1. The Hall–Kier alpha value is -2.70. The minimum absolute atomic E-state index is 0.0877. The van der Waals surface area contributed by atoms with Crippen LogP contribution in [-0.2, 0) is 0 Å². The van der Waals surface area contributed by atoms with Gasteiger partial charge in [-0.15, -0.1) is 11.3 Å². The minimum Gasteiger partial charge on any atom is -0.383 e. The van der Waals surface area contributed by atoms with Crippen LogP contribution in [0.2, 0.25) is 0 Å². The first-order valence-electron chi connectivity index (χ1n) is 8.51. The average molecular weight is 364 g/mol. The molecule has 0 aliphatic carbocycles. The number of rotatable bonds is 3. The normalized spacial score (nSPS) is 12.7. The van der Waals surface area contributed by atoms with Crippen molar-refractivity contribution in [2.45, 2.75) is 19.8 Å². The van der Waals surface area contributed by atoms with Crippen molar-refractivity contribution in [1.82, 2.24) is 9.97 Å². The van der Waals surface area contributed by atoms with Crippen LogP contribution in [0.1, 0.15) is 24.1 Å². The highest BCUT2D eigenvalue weighted by Crippen LogP contribution is 2.38. The number of nitrogens with zero attached hydrogens (tertiary/aromatic N) is 1. The molecule has 0 spiro atoms. The van der Waals surface area contributed by atoms with E-state index in [2.05, 4.69) is 29.0 Å². The van der Waals surface area contributed by atoms with E-state index in [1.165, 1.54) is 16.9 Å². The molecule has 1 atom stereocenters. The predicted octanol–water partition coefficient (Wildman–Crippen LogP) is 3.76. The van der Waals surface area contributed by atoms with Crippen molar-refractivity contribution in [3.05, 3.63) is 57.3 Å². The van der Waals surface area contributed by atoms with Crippen molar-refractivity contribution in [3.63, 3.8) is 0 Å². The lowest BCUT2D eigenvalue weighted by molar-refractivity contribution is 0.774. The third kappa shape index (κ3) is 2.50. The maximum atomic E-state index is 12.4. The number of thiophene rings is 1. The van der Waals surface area contributed by atoms with E-state index in [0.717, 1.165) is 33.1 Å². The van der Waals surface area contributed by atoms with Crippen LogP contribution in [0.4, 0.5) is 5.82 Å². The van der Waals surface area contributed by atoms with Crippen LogP contribution in [0.3, 0.4) is 0 Å². The predicted molar refractivity (Wildman–Crippen MR) is 110 cm³/mol. The molecule has 0 aliphatic rings. The van der Waals surface area contributed by atoms with Gasteiger partial charge < -0.3 is 16.5 Å². The van der Waals surface area contributed by atoms with Crippen molar-refractivity contribution in [3.8, 4) is 11.1 Å². The van der Waals surface area contributed by atoms with E-state index < -0.39 is 0 Å². The Morgan fingerprint density at radius 3 is 2.65 bits per heavy atom. The number of aromatic amines is 1. The molecule has 1 unspecified atom stereocenters. The van der Waals surface area contributed by atoms with Gasteiger partial charge in [0.05, 0.1) is 11.2 Å². The fraction of sp³-hybridized carbons (Fsp3) is 0.200. The van der Waals surface area contributed by atoms with Crippen molar-refractivity contribution in [2.75, 3.05) is 12.3 Å². The molecule has 4 aromatic rings. The minimum atomic E-state index is -0.0877. The summed E-state index contributed by atoms with van der Waals surface area (Å²) in [7, 11) is 0. The number of anilines is 1. The zero-order valence-corrected chi connectivity index (χ0v) is 15.5. The molecule has 0 aliphatic heterocycles. The lowest BCUT2D eigenvalue weighted by Crippen LogP contribution is -2.09. The van der Waals surface area contributed by atoms with E-state index in [0.29, 0.717) is 23.0 Å². The molecular formula is C20H20N4OS. The third-order valence-electron chi connectivity index (χ3n) is 4.91. The van der Waals surface area contributed by atoms with Gasteiger partial charge in [-0.3, -0.25) is 4.79 Å². The Kier molecular flexibility index (Phi) is 4.01. The molecule has 0 saturated carbocycles. The number of aryl methyl sites for hydroxylation is 1. The highest BCUT2D eigenvalue weighted by Gasteiger charge is 2.17. The molecule has 0 bridgehead atoms. The van der Waals surface area contributed by atoms with Gasteiger partial charge >= 0.3 is 0 Å². The largest absolute Gasteiger partial charge is 0.383 e. The topological polar surface area (TPSA) is 97.8 Å². The monoisotopic (exact) mass is 364 g/mol. The zero-order chi connectivity index (χ0) is 18.4. The smallest absolute Gasteiger partial charge is 0.266 e. The van der Waals surface area contributed by atoms with Crippen LogP contribution in [0.5, 0.6) is 0 Å². The summed E-state index contributed by atoms with van der Waals surface area (Å²) in [5.41, 5.74) is 16.5. The molecule has 132 valence electrons. The summed E-state index contributed by atoms with van der Waals surface area (Å²) in [6.45, 7) is 4.57. The number of aromatic nitrogens is 2. The quantitative estimate of drug-likeness (QED) is 0.515. The number of pyridine rings is 2. The van der Waals surface area contributed by atoms with Crippen LogP contribution < -0.4 is 17.0 Å². The highest BCUT2D eigenvalue weighted by atomic mass is 32.1. The van der Waals surface area contributed by atoms with E-state index >= 15 is 0 Å². The van der Waals surface area contributed by atoms with Gasteiger partial charge in [-0.25, -0.2) is 4.98 Å². The molecule has 5 nitrogen and oxygen atoms in total. The molecule has 0 saturated heterocycles. The van der Waals surface area contributed by atoms with Gasteiger partial charge in [0, 0.05) is 16.3 Å². The standard InChI is InChI=1S/C20H20N4OS/c1-10(9-21)12-3-5-13(6-4-12)15-16-14-7-8-26-18(14)20(25)24-17(16)11(2)23-19(15)22/h3-8,10H,9,21H2,1-2H3,(H2,22,23)(H,24,25).